The van der Waals surface area contributed by atoms with E-state index in [9.17, 15) is 23.1 Å². The minimum absolute atomic E-state index is 0.0619. The number of amides is 1. The maximum absolute atomic E-state index is 12.7. The van der Waals surface area contributed by atoms with Crippen LogP contribution in [0.5, 0.6) is 0 Å². The molecule has 2 heterocycles. The maximum Gasteiger partial charge on any atom is 0.433 e. The van der Waals surface area contributed by atoms with Crippen LogP contribution in [-0.2, 0) is 11.0 Å². The highest BCUT2D eigenvalue weighted by Crippen LogP contribution is 2.28. The Hall–Kier alpha value is -1.87. The number of anilines is 1. The summed E-state index contributed by atoms with van der Waals surface area (Å²) in [6.45, 7) is 1.04. The number of alkyl halides is 3. The number of aliphatic hydroxyl groups excluding tert-OH is 1. The van der Waals surface area contributed by atoms with Gasteiger partial charge in [0, 0.05) is 27.2 Å². The number of carbonyl (C=O) groups is 1. The van der Waals surface area contributed by atoms with Crippen LogP contribution in [0.25, 0.3) is 0 Å². The summed E-state index contributed by atoms with van der Waals surface area (Å²) in [6.07, 6.45) is -4.81. The van der Waals surface area contributed by atoms with E-state index in [2.05, 4.69) is 10.3 Å². The monoisotopic (exact) mass is 346 g/mol. The Bertz CT molecular complexity index is 580. The van der Waals surface area contributed by atoms with Crippen molar-refractivity contribution < 1.29 is 23.1 Å². The first-order valence-electron chi connectivity index (χ1n) is 7.58. The molecule has 0 aliphatic carbocycles. The first-order valence-corrected chi connectivity index (χ1v) is 7.58. The lowest BCUT2D eigenvalue weighted by molar-refractivity contribution is -0.141. The van der Waals surface area contributed by atoms with Gasteiger partial charge >= 0.3 is 6.18 Å². The molecule has 0 bridgehead atoms. The third-order valence-electron chi connectivity index (χ3n) is 3.90. The molecule has 0 radical (unpaired) electrons. The predicted octanol–water partition coefficient (Wildman–Crippen LogP) is 1.04. The summed E-state index contributed by atoms with van der Waals surface area (Å²) in [7, 11) is 3.32. The fraction of sp³-hybridized carbons (Fsp3) is 0.600. The average Bonchev–Trinajstić information content (AvgIpc) is 2.49. The molecule has 1 saturated heterocycles. The topological polar surface area (TPSA) is 68.7 Å². The average molecular weight is 346 g/mol. The Balaban J connectivity index is 1.95. The molecular formula is C15H21F3N4O2. The van der Waals surface area contributed by atoms with Crippen LogP contribution in [-0.4, -0.2) is 71.7 Å². The highest BCUT2D eigenvalue weighted by Gasteiger charge is 2.33. The zero-order valence-electron chi connectivity index (χ0n) is 13.5. The van der Waals surface area contributed by atoms with E-state index in [0.717, 1.165) is 6.07 Å². The minimum Gasteiger partial charge on any atom is -0.390 e. The second-order valence-electron chi connectivity index (χ2n) is 6.04. The van der Waals surface area contributed by atoms with E-state index in [1.54, 1.807) is 14.1 Å². The molecule has 1 amide bonds. The minimum atomic E-state index is -4.51. The maximum atomic E-state index is 12.7. The van der Waals surface area contributed by atoms with Crippen molar-refractivity contribution in [1.29, 1.82) is 0 Å². The zero-order chi connectivity index (χ0) is 17.9. The first-order chi connectivity index (χ1) is 11.2. The summed E-state index contributed by atoms with van der Waals surface area (Å²) in [5.74, 6) is 0.0137. The Labute approximate surface area is 138 Å². The van der Waals surface area contributed by atoms with Gasteiger partial charge in [0.2, 0.25) is 5.91 Å². The molecule has 0 spiro atoms. The Morgan fingerprint density at radius 3 is 2.75 bits per heavy atom. The molecule has 6 nitrogen and oxygen atoms in total. The molecule has 1 fully saturated rings. The number of β-amino-alcohol motifs (C(OH)–C–C–N with tert-alkyl or cyclic N) is 1. The van der Waals surface area contributed by atoms with E-state index in [1.165, 1.54) is 17.0 Å². The molecule has 24 heavy (non-hydrogen) atoms. The van der Waals surface area contributed by atoms with Gasteiger partial charge < -0.3 is 15.3 Å². The quantitative estimate of drug-likeness (QED) is 0.853. The van der Waals surface area contributed by atoms with E-state index in [0.29, 0.717) is 13.0 Å². The van der Waals surface area contributed by atoms with Crippen molar-refractivity contribution in [3.8, 4) is 0 Å². The van der Waals surface area contributed by atoms with Crippen LogP contribution in [0.4, 0.5) is 19.0 Å². The van der Waals surface area contributed by atoms with Crippen molar-refractivity contribution in [3.63, 3.8) is 0 Å². The van der Waals surface area contributed by atoms with Crippen molar-refractivity contribution in [1.82, 2.24) is 14.8 Å². The fourth-order valence-corrected chi connectivity index (χ4v) is 2.50. The highest BCUT2D eigenvalue weighted by molar-refractivity contribution is 5.77. The number of likely N-dealkylation sites (N-methyl/N-ethyl adjacent to an activating group) is 1. The van der Waals surface area contributed by atoms with Crippen molar-refractivity contribution in [3.05, 3.63) is 23.9 Å². The van der Waals surface area contributed by atoms with Gasteiger partial charge in [-0.15, -0.1) is 0 Å². The first kappa shape index (κ1) is 18.5. The molecule has 1 aromatic rings. The third kappa shape index (κ3) is 4.81. The largest absolute Gasteiger partial charge is 0.433 e. The molecule has 1 aliphatic heterocycles. The molecule has 1 aromatic heterocycles. The van der Waals surface area contributed by atoms with Crippen LogP contribution in [0.1, 0.15) is 12.1 Å². The van der Waals surface area contributed by atoms with Crippen molar-refractivity contribution in [2.24, 2.45) is 0 Å². The smallest absolute Gasteiger partial charge is 0.390 e. The summed E-state index contributed by atoms with van der Waals surface area (Å²) in [6, 6.07) is 3.20. The Morgan fingerprint density at radius 1 is 1.46 bits per heavy atom. The second-order valence-corrected chi connectivity index (χ2v) is 6.04. The number of aliphatic hydroxyl groups is 1. The number of hydrogen-bond acceptors (Lipinski definition) is 5. The van der Waals surface area contributed by atoms with Crippen molar-refractivity contribution in [2.75, 3.05) is 39.0 Å². The second kappa shape index (κ2) is 7.35. The normalized spacial score (nSPS) is 22.2. The lowest BCUT2D eigenvalue weighted by atomic mass is 10.0. The number of hydrogen-bond donors (Lipinski definition) is 2. The number of carbonyl (C=O) groups excluding carboxylic acids is 1. The van der Waals surface area contributed by atoms with E-state index in [1.807, 2.05) is 4.90 Å². The van der Waals surface area contributed by atoms with Crippen LogP contribution in [0, 0.1) is 0 Å². The van der Waals surface area contributed by atoms with Crippen LogP contribution in [0.3, 0.4) is 0 Å². The van der Waals surface area contributed by atoms with E-state index in [-0.39, 0.29) is 24.8 Å². The summed E-state index contributed by atoms with van der Waals surface area (Å²) < 4.78 is 38.0. The Kier molecular flexibility index (Phi) is 5.66. The van der Waals surface area contributed by atoms with E-state index in [4.69, 9.17) is 0 Å². The number of rotatable bonds is 4. The van der Waals surface area contributed by atoms with Gasteiger partial charge in [-0.25, -0.2) is 4.98 Å². The molecule has 0 unspecified atom stereocenters. The van der Waals surface area contributed by atoms with E-state index < -0.39 is 24.0 Å². The molecule has 134 valence electrons. The molecule has 2 atom stereocenters. The van der Waals surface area contributed by atoms with Gasteiger partial charge in [0.1, 0.15) is 11.5 Å². The summed E-state index contributed by atoms with van der Waals surface area (Å²) in [5.41, 5.74) is -0.976. The predicted molar refractivity (Wildman–Crippen MR) is 82.4 cm³/mol. The third-order valence-corrected chi connectivity index (χ3v) is 3.90. The number of nitrogens with one attached hydrogen (secondary N) is 1. The Morgan fingerprint density at radius 2 is 2.17 bits per heavy atom. The van der Waals surface area contributed by atoms with Gasteiger partial charge in [-0.3, -0.25) is 9.69 Å². The van der Waals surface area contributed by atoms with Gasteiger partial charge in [-0.05, 0) is 18.6 Å². The summed E-state index contributed by atoms with van der Waals surface area (Å²) in [4.78, 5) is 18.5. The van der Waals surface area contributed by atoms with Crippen LogP contribution in [0.2, 0.25) is 0 Å². The molecule has 1 aliphatic rings. The number of pyridine rings is 1. The lowest BCUT2D eigenvalue weighted by Gasteiger charge is -2.36. The van der Waals surface area contributed by atoms with Crippen molar-refractivity contribution in [2.45, 2.75) is 24.7 Å². The number of aromatic nitrogens is 1. The fourth-order valence-electron chi connectivity index (χ4n) is 2.50. The SMILES string of the molecule is CN(C)C(=O)CN1CC[C@@H](Nc2cccc(C(F)(F)F)n2)[C@H](O)C1. The summed E-state index contributed by atoms with van der Waals surface area (Å²) in [5, 5.41) is 13.1. The molecule has 0 aromatic carbocycles. The number of nitrogens with zero attached hydrogens (tertiary/aromatic N) is 3. The summed E-state index contributed by atoms with van der Waals surface area (Å²) >= 11 is 0. The van der Waals surface area contributed by atoms with Crippen LogP contribution in [0.15, 0.2) is 18.2 Å². The number of halogens is 3. The molecule has 0 saturated carbocycles. The molecule has 9 heteroatoms. The molecule has 2 rings (SSSR count). The van der Waals surface area contributed by atoms with Gasteiger partial charge in [-0.2, -0.15) is 13.2 Å². The van der Waals surface area contributed by atoms with Crippen LogP contribution < -0.4 is 5.32 Å². The molecular weight excluding hydrogens is 325 g/mol. The van der Waals surface area contributed by atoms with Gasteiger partial charge in [-0.1, -0.05) is 6.07 Å². The van der Waals surface area contributed by atoms with Gasteiger partial charge in [0.15, 0.2) is 0 Å². The standard InChI is InChI=1S/C15H21F3N4O2/c1-21(2)14(24)9-22-7-6-10(11(23)8-22)19-13-5-3-4-12(20-13)15(16,17)18/h3-5,10-11,23H,6-9H2,1-2H3,(H,19,20)/t10-,11-/m1/s1. The number of piperidine rings is 1. The van der Waals surface area contributed by atoms with Gasteiger partial charge in [0.05, 0.1) is 18.7 Å². The van der Waals surface area contributed by atoms with Gasteiger partial charge in [0.25, 0.3) is 0 Å². The lowest BCUT2D eigenvalue weighted by Crippen LogP contribution is -2.52. The van der Waals surface area contributed by atoms with E-state index >= 15 is 0 Å². The van der Waals surface area contributed by atoms with Crippen LogP contribution >= 0.6 is 0 Å². The van der Waals surface area contributed by atoms with Crippen molar-refractivity contribution >= 4 is 11.7 Å². The number of likely N-dealkylation sites (tertiary alicyclic amines) is 1. The molecule has 2 N–H and O–H groups in total. The highest BCUT2D eigenvalue weighted by atomic mass is 19.4. The zero-order valence-corrected chi connectivity index (χ0v) is 13.5.